The number of halogens is 1. The smallest absolute Gasteiger partial charge is 0.281 e. The molecule has 0 atom stereocenters. The first-order valence-electron chi connectivity index (χ1n) is 6.21. The molecule has 2 N–H and O–H groups in total. The fourth-order valence-electron chi connectivity index (χ4n) is 1.91. The molecule has 0 saturated heterocycles. The fraction of sp³-hybridized carbons (Fsp3) is 0.0909. The minimum absolute atomic E-state index is 0.0648. The summed E-state index contributed by atoms with van der Waals surface area (Å²) in [7, 11) is -3.71. The van der Waals surface area contributed by atoms with Gasteiger partial charge in [-0.1, -0.05) is 11.6 Å². The molecule has 0 fully saturated rings. The lowest BCUT2D eigenvalue weighted by atomic mass is 10.2. The highest BCUT2D eigenvalue weighted by Gasteiger charge is 2.22. The van der Waals surface area contributed by atoms with E-state index >= 15 is 0 Å². The van der Waals surface area contributed by atoms with E-state index in [1.807, 2.05) is 0 Å². The average Bonchev–Trinajstić information content (AvgIpc) is 2.90. The van der Waals surface area contributed by atoms with Gasteiger partial charge >= 0.3 is 0 Å². The van der Waals surface area contributed by atoms with Crippen molar-refractivity contribution in [2.75, 3.05) is 12.0 Å². The summed E-state index contributed by atoms with van der Waals surface area (Å²) in [5.41, 5.74) is 5.42. The average molecular weight is 370 g/mol. The second-order valence-corrected chi connectivity index (χ2v) is 7.05. The monoisotopic (exact) mass is 369 g/mol. The predicted molar refractivity (Wildman–Crippen MR) is 83.2 cm³/mol. The van der Waals surface area contributed by atoms with Crippen molar-refractivity contribution >= 4 is 38.9 Å². The zero-order valence-corrected chi connectivity index (χ0v) is 13.5. The molecule has 0 radical (unpaired) electrons. The van der Waals surface area contributed by atoms with E-state index in [9.17, 15) is 18.5 Å². The van der Waals surface area contributed by atoms with Crippen LogP contribution in [0.5, 0.6) is 0 Å². The Labute approximate surface area is 139 Å². The number of hydrogen-bond donors (Lipinski definition) is 1. The van der Waals surface area contributed by atoms with Crippen molar-refractivity contribution < 1.29 is 13.3 Å². The first-order chi connectivity index (χ1) is 11.2. The van der Waals surface area contributed by atoms with Gasteiger partial charge in [-0.2, -0.15) is 19.5 Å². The summed E-state index contributed by atoms with van der Waals surface area (Å²) >= 11 is 5.76. The highest BCUT2D eigenvalue weighted by Crippen LogP contribution is 2.30. The zero-order chi connectivity index (χ0) is 17.6. The molecule has 0 saturated carbocycles. The van der Waals surface area contributed by atoms with Crippen LogP contribution in [0.4, 0.5) is 11.6 Å². The number of fused-ring (bicyclic) bond motifs is 1. The Hall–Kier alpha value is -2.86. The van der Waals surface area contributed by atoms with Gasteiger partial charge in [-0.15, -0.1) is 5.10 Å². The lowest BCUT2D eigenvalue weighted by molar-refractivity contribution is -0.384. The van der Waals surface area contributed by atoms with Crippen LogP contribution in [0.25, 0.3) is 17.2 Å². The van der Waals surface area contributed by atoms with Crippen molar-refractivity contribution in [1.82, 2.24) is 24.6 Å². The molecular formula is C11H8ClN7O4S. The summed E-state index contributed by atoms with van der Waals surface area (Å²) in [4.78, 5) is 21.9. The summed E-state index contributed by atoms with van der Waals surface area (Å²) in [6.45, 7) is 0. The molecule has 0 bridgehead atoms. The predicted octanol–water partition coefficient (Wildman–Crippen LogP) is 0.734. The Balaban J connectivity index is 2.27. The molecule has 0 aliphatic heterocycles. The van der Waals surface area contributed by atoms with E-state index in [2.05, 4.69) is 20.1 Å². The van der Waals surface area contributed by atoms with Gasteiger partial charge in [0.15, 0.2) is 5.82 Å². The third-order valence-electron chi connectivity index (χ3n) is 2.94. The molecule has 124 valence electrons. The molecule has 1 aromatic carbocycles. The van der Waals surface area contributed by atoms with Gasteiger partial charge in [-0.25, -0.2) is 8.42 Å². The van der Waals surface area contributed by atoms with Crippen LogP contribution >= 0.6 is 11.6 Å². The number of anilines is 1. The van der Waals surface area contributed by atoms with E-state index in [0.29, 0.717) is 0 Å². The molecule has 0 aliphatic rings. The maximum Gasteiger partial charge on any atom is 0.281 e. The molecule has 13 heteroatoms. The zero-order valence-electron chi connectivity index (χ0n) is 11.9. The molecule has 0 unspecified atom stereocenters. The first kappa shape index (κ1) is 16.0. The summed E-state index contributed by atoms with van der Waals surface area (Å²) in [6, 6.07) is 3.96. The molecule has 3 aromatic rings. The number of hydrogen-bond acceptors (Lipinski definition) is 9. The maximum atomic E-state index is 11.5. The number of rotatable bonds is 3. The molecule has 24 heavy (non-hydrogen) atoms. The van der Waals surface area contributed by atoms with E-state index in [1.165, 1.54) is 12.1 Å². The maximum absolute atomic E-state index is 11.5. The van der Waals surface area contributed by atoms with Gasteiger partial charge < -0.3 is 5.73 Å². The summed E-state index contributed by atoms with van der Waals surface area (Å²) in [6.07, 6.45) is 0.916. The topological polar surface area (TPSA) is 159 Å². The highest BCUT2D eigenvalue weighted by molar-refractivity contribution is 7.90. The number of sulfone groups is 1. The van der Waals surface area contributed by atoms with Crippen LogP contribution < -0.4 is 5.73 Å². The third-order valence-corrected chi connectivity index (χ3v) is 4.02. The van der Waals surface area contributed by atoms with Gasteiger partial charge in [0.25, 0.3) is 16.6 Å². The van der Waals surface area contributed by atoms with Crippen molar-refractivity contribution in [2.24, 2.45) is 0 Å². The van der Waals surface area contributed by atoms with Crippen molar-refractivity contribution in [3.8, 4) is 11.4 Å². The van der Waals surface area contributed by atoms with E-state index < -0.39 is 19.9 Å². The quantitative estimate of drug-likeness (QED) is 0.518. The van der Waals surface area contributed by atoms with Crippen molar-refractivity contribution in [3.63, 3.8) is 0 Å². The van der Waals surface area contributed by atoms with Gasteiger partial charge in [-0.05, 0) is 12.1 Å². The van der Waals surface area contributed by atoms with Crippen molar-refractivity contribution in [1.29, 1.82) is 0 Å². The summed E-state index contributed by atoms with van der Waals surface area (Å²) in [5, 5.41) is 14.8. The van der Waals surface area contributed by atoms with Gasteiger partial charge in [0, 0.05) is 17.3 Å². The first-order valence-corrected chi connectivity index (χ1v) is 8.48. The number of aromatic nitrogens is 5. The largest absolute Gasteiger partial charge is 0.368 e. The van der Waals surface area contributed by atoms with Gasteiger partial charge in [0.1, 0.15) is 0 Å². The lowest BCUT2D eigenvalue weighted by Gasteiger charge is -1.99. The van der Waals surface area contributed by atoms with Gasteiger partial charge in [0.05, 0.1) is 10.5 Å². The normalized spacial score (nSPS) is 11.8. The highest BCUT2D eigenvalue weighted by atomic mass is 35.5. The number of benzene rings is 1. The lowest BCUT2D eigenvalue weighted by Crippen LogP contribution is -2.11. The number of nitro groups is 1. The molecule has 2 heterocycles. The molecule has 3 rings (SSSR count). The van der Waals surface area contributed by atoms with Crippen molar-refractivity contribution in [2.45, 2.75) is 5.16 Å². The van der Waals surface area contributed by atoms with E-state index in [1.54, 1.807) is 0 Å². The summed E-state index contributed by atoms with van der Waals surface area (Å²) in [5.74, 6) is -0.483. The van der Waals surface area contributed by atoms with Gasteiger partial charge in [-0.3, -0.25) is 10.1 Å². The standard InChI is InChI=1S/C11H8ClN7O4S/c1-24(22,23)11-15-9(13)18-10(16-11)14-8(17-18)6-3-2-5(12)4-7(6)19(20)21/h2-4H,1H3,(H2,13,14,15,16,17). The Morgan fingerprint density at radius 2 is 2.00 bits per heavy atom. The van der Waals surface area contributed by atoms with E-state index in [-0.39, 0.29) is 33.8 Å². The molecule has 0 aliphatic carbocycles. The minimum atomic E-state index is -3.71. The SMILES string of the molecule is CS(=O)(=O)c1nc(N)n2nc(-c3ccc(Cl)cc3[N+](=O)[O-])nc2n1. The molecule has 0 spiro atoms. The van der Waals surface area contributed by atoms with Crippen LogP contribution in [-0.2, 0) is 9.84 Å². The Morgan fingerprint density at radius 1 is 1.29 bits per heavy atom. The van der Waals surface area contributed by atoms with E-state index in [4.69, 9.17) is 17.3 Å². The Morgan fingerprint density at radius 3 is 2.62 bits per heavy atom. The van der Waals surface area contributed by atoms with Crippen LogP contribution in [0.3, 0.4) is 0 Å². The number of nitrogen functional groups attached to an aromatic ring is 1. The Bertz CT molecular complexity index is 1100. The second kappa shape index (κ2) is 5.35. The van der Waals surface area contributed by atoms with Crippen LogP contribution in [0.1, 0.15) is 0 Å². The van der Waals surface area contributed by atoms with E-state index in [0.717, 1.165) is 16.8 Å². The molecule has 11 nitrogen and oxygen atoms in total. The fourth-order valence-corrected chi connectivity index (χ4v) is 2.58. The number of nitro benzene ring substituents is 1. The third kappa shape index (κ3) is 2.72. The second-order valence-electron chi connectivity index (χ2n) is 4.70. The van der Waals surface area contributed by atoms with Crippen LogP contribution in [-0.4, -0.2) is 44.2 Å². The molecule has 2 aromatic heterocycles. The molecule has 0 amide bonds. The molecular weight excluding hydrogens is 362 g/mol. The number of nitrogens with two attached hydrogens (primary N) is 1. The summed E-state index contributed by atoms with van der Waals surface area (Å²) < 4.78 is 24.1. The Kier molecular flexibility index (Phi) is 3.57. The van der Waals surface area contributed by atoms with Crippen LogP contribution in [0.2, 0.25) is 5.02 Å². The van der Waals surface area contributed by atoms with Crippen molar-refractivity contribution in [3.05, 3.63) is 33.3 Å². The number of nitrogens with zero attached hydrogens (tertiary/aromatic N) is 6. The van der Waals surface area contributed by atoms with Crippen LogP contribution in [0, 0.1) is 10.1 Å². The van der Waals surface area contributed by atoms with Gasteiger partial charge in [0.2, 0.25) is 15.8 Å². The minimum Gasteiger partial charge on any atom is -0.368 e. The van der Waals surface area contributed by atoms with Crippen LogP contribution in [0.15, 0.2) is 23.4 Å².